The van der Waals surface area contributed by atoms with E-state index in [9.17, 15) is 0 Å². The Morgan fingerprint density at radius 2 is 1.87 bits per heavy atom. The third-order valence-electron chi connectivity index (χ3n) is 5.86. The van der Waals surface area contributed by atoms with Crippen molar-refractivity contribution in [3.05, 3.63) is 48.3 Å². The number of benzene rings is 1. The monoisotopic (exact) mass is 405 g/mol. The Kier molecular flexibility index (Phi) is 5.83. The second kappa shape index (κ2) is 9.04. The third kappa shape index (κ3) is 4.28. The summed E-state index contributed by atoms with van der Waals surface area (Å²) in [6, 6.07) is 10.8. The van der Waals surface area contributed by atoms with E-state index in [1.54, 1.807) is 12.4 Å². The number of nitrogens with one attached hydrogen (secondary N) is 2. The molecular formula is C23H27N5O2. The molecule has 2 aliphatic heterocycles. The molecule has 30 heavy (non-hydrogen) atoms. The highest BCUT2D eigenvalue weighted by molar-refractivity contribution is 5.88. The maximum atomic E-state index is 5.80. The van der Waals surface area contributed by atoms with E-state index in [1.807, 2.05) is 6.07 Å². The highest BCUT2D eigenvalue weighted by Crippen LogP contribution is 2.30. The Morgan fingerprint density at radius 1 is 1.03 bits per heavy atom. The van der Waals surface area contributed by atoms with Gasteiger partial charge in [0.05, 0.1) is 23.9 Å². The zero-order valence-electron chi connectivity index (χ0n) is 17.0. The van der Waals surface area contributed by atoms with Crippen LogP contribution >= 0.6 is 0 Å². The lowest BCUT2D eigenvalue weighted by molar-refractivity contribution is 0.0372. The molecule has 2 fully saturated rings. The number of hydrogen-bond donors (Lipinski definition) is 2. The van der Waals surface area contributed by atoms with Crippen LogP contribution in [0.2, 0.25) is 0 Å². The van der Waals surface area contributed by atoms with Crippen LogP contribution in [0.4, 0.5) is 5.82 Å². The van der Waals surface area contributed by atoms with Crippen LogP contribution in [-0.4, -0.2) is 60.5 Å². The largest absolute Gasteiger partial charge is 0.381 e. The first-order valence-electron chi connectivity index (χ1n) is 10.7. The Morgan fingerprint density at radius 3 is 2.67 bits per heavy atom. The summed E-state index contributed by atoms with van der Waals surface area (Å²) < 4.78 is 11.3. The first-order valence-corrected chi connectivity index (χ1v) is 10.7. The van der Waals surface area contributed by atoms with Crippen LogP contribution in [0.5, 0.6) is 0 Å². The highest BCUT2D eigenvalue weighted by Gasteiger charge is 2.17. The van der Waals surface area contributed by atoms with Crippen molar-refractivity contribution in [3.63, 3.8) is 0 Å². The summed E-state index contributed by atoms with van der Waals surface area (Å²) in [4.78, 5) is 13.9. The molecule has 7 heteroatoms. The lowest BCUT2D eigenvalue weighted by Crippen LogP contribution is -2.42. The predicted molar refractivity (Wildman–Crippen MR) is 117 cm³/mol. The molecule has 1 aromatic carbocycles. The van der Waals surface area contributed by atoms with Crippen LogP contribution in [0.15, 0.2) is 42.7 Å². The molecule has 4 heterocycles. The molecule has 0 bridgehead atoms. The maximum Gasteiger partial charge on any atom is 0.154 e. The van der Waals surface area contributed by atoms with E-state index in [-0.39, 0.29) is 6.10 Å². The van der Waals surface area contributed by atoms with E-state index in [4.69, 9.17) is 14.5 Å². The quantitative estimate of drug-likeness (QED) is 0.675. The molecule has 0 saturated carbocycles. The predicted octanol–water partition coefficient (Wildman–Crippen LogP) is 2.99. The highest BCUT2D eigenvalue weighted by atomic mass is 16.5. The minimum Gasteiger partial charge on any atom is -0.381 e. The van der Waals surface area contributed by atoms with Gasteiger partial charge in [0.1, 0.15) is 5.52 Å². The summed E-state index contributed by atoms with van der Waals surface area (Å²) in [5, 5.41) is 6.79. The van der Waals surface area contributed by atoms with Gasteiger partial charge >= 0.3 is 0 Å². The van der Waals surface area contributed by atoms with Crippen LogP contribution in [-0.2, 0) is 9.47 Å². The van der Waals surface area contributed by atoms with Gasteiger partial charge in [-0.25, -0.2) is 9.97 Å². The second-order valence-corrected chi connectivity index (χ2v) is 7.87. The number of fused-ring (bicyclic) bond motifs is 1. The number of anilines is 1. The molecule has 156 valence electrons. The topological polar surface area (TPSA) is 81.2 Å². The Hall–Kier alpha value is -2.61. The molecule has 1 atom stereocenters. The smallest absolute Gasteiger partial charge is 0.154 e. The normalized spacial score (nSPS) is 20.3. The van der Waals surface area contributed by atoms with E-state index in [2.05, 4.69) is 44.9 Å². The average molecular weight is 406 g/mol. The lowest BCUT2D eigenvalue weighted by atomic mass is 9.91. The van der Waals surface area contributed by atoms with Gasteiger partial charge in [0, 0.05) is 50.8 Å². The summed E-state index contributed by atoms with van der Waals surface area (Å²) in [5.41, 5.74) is 4.97. The number of rotatable bonds is 5. The fourth-order valence-electron chi connectivity index (χ4n) is 4.16. The standard InChI is InChI=1S/C23H27N5O2/c1-3-18(4-2-16(1)17-5-10-29-11-6-17)20-13-21-22(26-8-7-25-21)23(28-20)27-15-19-14-24-9-12-30-19/h1-4,7-8,13,17,19,24H,5-6,9-12,14-15H2,(H,27,28)/t19-/m0/s1. The van der Waals surface area contributed by atoms with E-state index in [1.165, 1.54) is 5.56 Å². The van der Waals surface area contributed by atoms with Gasteiger partial charge in [-0.2, -0.15) is 0 Å². The van der Waals surface area contributed by atoms with Crippen LogP contribution in [0.25, 0.3) is 22.3 Å². The fourth-order valence-corrected chi connectivity index (χ4v) is 4.16. The van der Waals surface area contributed by atoms with Crippen LogP contribution in [0, 0.1) is 0 Å². The van der Waals surface area contributed by atoms with Crippen LogP contribution in [0.1, 0.15) is 24.3 Å². The Labute approximate surface area is 176 Å². The first-order chi connectivity index (χ1) is 14.9. The molecule has 0 aliphatic carbocycles. The summed E-state index contributed by atoms with van der Waals surface area (Å²) in [5.74, 6) is 1.34. The molecule has 0 amide bonds. The zero-order valence-corrected chi connectivity index (χ0v) is 17.0. The minimum atomic E-state index is 0.120. The van der Waals surface area contributed by atoms with Crippen molar-refractivity contribution in [3.8, 4) is 11.3 Å². The molecule has 3 aromatic rings. The number of pyridine rings is 1. The van der Waals surface area contributed by atoms with Gasteiger partial charge in [-0.3, -0.25) is 4.98 Å². The van der Waals surface area contributed by atoms with Crippen LogP contribution in [0.3, 0.4) is 0 Å². The van der Waals surface area contributed by atoms with E-state index in [0.717, 1.165) is 73.9 Å². The molecule has 0 spiro atoms. The van der Waals surface area contributed by atoms with Gasteiger partial charge in [-0.1, -0.05) is 24.3 Å². The molecule has 0 unspecified atom stereocenters. The van der Waals surface area contributed by atoms with Crippen molar-refractivity contribution < 1.29 is 9.47 Å². The molecule has 2 saturated heterocycles. The van der Waals surface area contributed by atoms with Crippen molar-refractivity contribution in [2.24, 2.45) is 0 Å². The Balaban J connectivity index is 1.41. The molecule has 2 N–H and O–H groups in total. The number of ether oxygens (including phenoxy) is 2. The molecule has 2 aliphatic rings. The van der Waals surface area contributed by atoms with E-state index >= 15 is 0 Å². The molecule has 0 radical (unpaired) electrons. The minimum absolute atomic E-state index is 0.120. The van der Waals surface area contributed by atoms with Crippen molar-refractivity contribution in [2.75, 3.05) is 44.8 Å². The summed E-state index contributed by atoms with van der Waals surface area (Å²) in [6.45, 7) is 4.86. The summed E-state index contributed by atoms with van der Waals surface area (Å²) >= 11 is 0. The molecule has 2 aromatic heterocycles. The van der Waals surface area contributed by atoms with E-state index < -0.39 is 0 Å². The lowest BCUT2D eigenvalue weighted by Gasteiger charge is -2.24. The summed E-state index contributed by atoms with van der Waals surface area (Å²) in [6.07, 6.45) is 5.73. The molecule has 7 nitrogen and oxygen atoms in total. The Bertz CT molecular complexity index is 983. The fraction of sp³-hybridized carbons (Fsp3) is 0.435. The number of nitrogens with zero attached hydrogens (tertiary/aromatic N) is 3. The van der Waals surface area contributed by atoms with Gasteiger partial charge in [0.25, 0.3) is 0 Å². The SMILES string of the molecule is c1cnc2c(NC[C@@H]3CNCCO3)nc(-c3ccc(C4CCOCC4)cc3)cc2n1. The van der Waals surface area contributed by atoms with Gasteiger partial charge in [-0.05, 0) is 30.4 Å². The molecule has 5 rings (SSSR count). The van der Waals surface area contributed by atoms with Gasteiger partial charge < -0.3 is 20.1 Å². The molecular weight excluding hydrogens is 378 g/mol. The van der Waals surface area contributed by atoms with Crippen LogP contribution < -0.4 is 10.6 Å². The maximum absolute atomic E-state index is 5.80. The first kappa shape index (κ1) is 19.4. The van der Waals surface area contributed by atoms with Crippen molar-refractivity contribution in [2.45, 2.75) is 24.9 Å². The van der Waals surface area contributed by atoms with Crippen molar-refractivity contribution in [1.82, 2.24) is 20.3 Å². The number of hydrogen-bond acceptors (Lipinski definition) is 7. The summed E-state index contributed by atoms with van der Waals surface area (Å²) in [7, 11) is 0. The third-order valence-corrected chi connectivity index (χ3v) is 5.86. The zero-order chi connectivity index (χ0) is 20.2. The van der Waals surface area contributed by atoms with Gasteiger partial charge in [0.2, 0.25) is 0 Å². The van der Waals surface area contributed by atoms with Crippen molar-refractivity contribution in [1.29, 1.82) is 0 Å². The average Bonchev–Trinajstić information content (AvgIpc) is 2.84. The van der Waals surface area contributed by atoms with Crippen molar-refractivity contribution >= 4 is 16.9 Å². The van der Waals surface area contributed by atoms with Gasteiger partial charge in [0.15, 0.2) is 5.82 Å². The number of aromatic nitrogens is 3. The number of morpholine rings is 1. The van der Waals surface area contributed by atoms with Gasteiger partial charge in [-0.15, -0.1) is 0 Å². The van der Waals surface area contributed by atoms with E-state index in [0.29, 0.717) is 12.5 Å². The second-order valence-electron chi connectivity index (χ2n) is 7.87.